The molecule has 2 amide bonds. The maximum atomic E-state index is 13.7. The van der Waals surface area contributed by atoms with Crippen molar-refractivity contribution in [2.24, 2.45) is 5.10 Å². The third-order valence-electron chi connectivity index (χ3n) is 4.16. The Balaban J connectivity index is 2.05. The summed E-state index contributed by atoms with van der Waals surface area (Å²) in [5.41, 5.74) is 0.0789. The predicted molar refractivity (Wildman–Crippen MR) is 94.8 cm³/mol. The number of rotatable bonds is 3. The van der Waals surface area contributed by atoms with Gasteiger partial charge in [0.05, 0.1) is 17.8 Å². The third kappa shape index (κ3) is 3.67. The zero-order valence-electron chi connectivity index (χ0n) is 13.7. The van der Waals surface area contributed by atoms with Crippen LogP contribution in [0, 0.1) is 0 Å². The van der Waals surface area contributed by atoms with Crippen LogP contribution in [0.3, 0.4) is 0 Å². The Labute approximate surface area is 153 Å². The van der Waals surface area contributed by atoms with Crippen molar-refractivity contribution in [3.05, 3.63) is 64.2 Å². The van der Waals surface area contributed by atoms with Crippen LogP contribution in [-0.4, -0.2) is 18.8 Å². The van der Waals surface area contributed by atoms with Crippen LogP contribution in [-0.2, 0) is 6.18 Å². The Hall–Kier alpha value is -2.54. The van der Waals surface area contributed by atoms with Gasteiger partial charge in [0.25, 0.3) is 0 Å². The van der Waals surface area contributed by atoms with E-state index >= 15 is 0 Å². The zero-order valence-corrected chi connectivity index (χ0v) is 14.5. The molecule has 0 bridgehead atoms. The van der Waals surface area contributed by atoms with E-state index in [1.807, 2.05) is 0 Å². The lowest BCUT2D eigenvalue weighted by Crippen LogP contribution is -2.41. The number of carbonyl (C=O) groups is 1. The molecule has 2 aromatic rings. The molecule has 0 fully saturated rings. The van der Waals surface area contributed by atoms with Crippen LogP contribution in [0.1, 0.15) is 29.5 Å². The van der Waals surface area contributed by atoms with Crippen molar-refractivity contribution in [1.29, 1.82) is 0 Å². The first kappa shape index (κ1) is 18.3. The van der Waals surface area contributed by atoms with E-state index in [0.29, 0.717) is 10.6 Å². The van der Waals surface area contributed by atoms with E-state index in [2.05, 4.69) is 10.4 Å². The number of urea groups is 1. The molecule has 4 nitrogen and oxygen atoms in total. The van der Waals surface area contributed by atoms with Gasteiger partial charge in [-0.1, -0.05) is 36.7 Å². The Bertz CT molecular complexity index is 850. The smallest absolute Gasteiger partial charge is 0.331 e. The molecule has 1 atom stereocenters. The molecule has 136 valence electrons. The molecule has 0 aliphatic carbocycles. The molecule has 1 aliphatic rings. The summed E-state index contributed by atoms with van der Waals surface area (Å²) in [6, 6.07) is 9.90. The molecule has 1 heterocycles. The fraction of sp³-hybridized carbons (Fsp3) is 0.222. The van der Waals surface area contributed by atoms with Gasteiger partial charge in [0.1, 0.15) is 0 Å². The molecule has 1 aliphatic heterocycles. The maximum absolute atomic E-state index is 13.7. The Kier molecular flexibility index (Phi) is 4.91. The number of alkyl halides is 3. The van der Waals surface area contributed by atoms with Gasteiger partial charge in [-0.3, -0.25) is 0 Å². The molecular weight excluding hydrogens is 367 g/mol. The summed E-state index contributed by atoms with van der Waals surface area (Å²) in [4.78, 5) is 11.8. The SMILES string of the molecule is CC(c1ccc(Cl)cc1)c1ccc(N2N=CCNC2=O)cc1C(F)(F)F. The van der Waals surface area contributed by atoms with Crippen molar-refractivity contribution in [2.45, 2.75) is 19.0 Å². The second kappa shape index (κ2) is 6.99. The van der Waals surface area contributed by atoms with E-state index in [4.69, 9.17) is 11.6 Å². The van der Waals surface area contributed by atoms with E-state index in [-0.39, 0.29) is 17.8 Å². The van der Waals surface area contributed by atoms with Gasteiger partial charge in [-0.15, -0.1) is 0 Å². The number of hydrazone groups is 1. The van der Waals surface area contributed by atoms with Gasteiger partial charge in [0.15, 0.2) is 0 Å². The van der Waals surface area contributed by atoms with Gasteiger partial charge in [0.2, 0.25) is 0 Å². The highest BCUT2D eigenvalue weighted by atomic mass is 35.5. The molecule has 1 unspecified atom stereocenters. The number of amides is 2. The summed E-state index contributed by atoms with van der Waals surface area (Å²) < 4.78 is 41.0. The van der Waals surface area contributed by atoms with Crippen LogP contribution in [0.5, 0.6) is 0 Å². The Morgan fingerprint density at radius 1 is 1.19 bits per heavy atom. The van der Waals surface area contributed by atoms with Crippen molar-refractivity contribution < 1.29 is 18.0 Å². The first-order valence-electron chi connectivity index (χ1n) is 7.84. The number of carbonyl (C=O) groups excluding carboxylic acids is 1. The summed E-state index contributed by atoms with van der Waals surface area (Å²) >= 11 is 5.85. The number of nitrogens with one attached hydrogen (secondary N) is 1. The van der Waals surface area contributed by atoms with Gasteiger partial charge in [-0.25, -0.2) is 4.79 Å². The van der Waals surface area contributed by atoms with E-state index < -0.39 is 23.7 Å². The van der Waals surface area contributed by atoms with E-state index in [9.17, 15) is 18.0 Å². The van der Waals surface area contributed by atoms with Gasteiger partial charge >= 0.3 is 12.2 Å². The minimum absolute atomic E-state index is 0.0535. The summed E-state index contributed by atoms with van der Waals surface area (Å²) in [5.74, 6) is -0.503. The normalized spacial score (nSPS) is 15.7. The average molecular weight is 382 g/mol. The van der Waals surface area contributed by atoms with Crippen LogP contribution < -0.4 is 10.3 Å². The van der Waals surface area contributed by atoms with E-state index in [1.54, 1.807) is 31.2 Å². The third-order valence-corrected chi connectivity index (χ3v) is 4.41. The number of anilines is 1. The van der Waals surface area contributed by atoms with Gasteiger partial charge < -0.3 is 5.32 Å². The van der Waals surface area contributed by atoms with Crippen LogP contribution >= 0.6 is 11.6 Å². The molecule has 2 aromatic carbocycles. The largest absolute Gasteiger partial charge is 0.416 e. The molecule has 3 rings (SSSR count). The number of halogens is 4. The fourth-order valence-corrected chi connectivity index (χ4v) is 2.92. The van der Waals surface area contributed by atoms with Crippen LogP contribution in [0.4, 0.5) is 23.7 Å². The van der Waals surface area contributed by atoms with Crippen molar-refractivity contribution in [3.63, 3.8) is 0 Å². The molecule has 8 heteroatoms. The van der Waals surface area contributed by atoms with Crippen molar-refractivity contribution >= 4 is 29.5 Å². The van der Waals surface area contributed by atoms with Crippen molar-refractivity contribution in [2.75, 3.05) is 11.6 Å². The van der Waals surface area contributed by atoms with Crippen molar-refractivity contribution in [3.8, 4) is 0 Å². The highest BCUT2D eigenvalue weighted by Gasteiger charge is 2.36. The lowest BCUT2D eigenvalue weighted by atomic mass is 9.89. The predicted octanol–water partition coefficient (Wildman–Crippen LogP) is 5.03. The molecule has 0 saturated heterocycles. The van der Waals surface area contributed by atoms with Gasteiger partial charge in [0, 0.05) is 17.2 Å². The molecule has 1 N–H and O–H groups in total. The van der Waals surface area contributed by atoms with Gasteiger partial charge in [-0.05, 0) is 35.4 Å². The first-order valence-corrected chi connectivity index (χ1v) is 8.22. The maximum Gasteiger partial charge on any atom is 0.416 e. The molecule has 26 heavy (non-hydrogen) atoms. The lowest BCUT2D eigenvalue weighted by Gasteiger charge is -2.24. The molecule has 0 radical (unpaired) electrons. The standard InChI is InChI=1S/C18H15ClF3N3O/c1-11(12-2-4-13(19)5-3-12)15-7-6-14(10-16(15)18(20,21)22)25-17(26)23-8-9-24-25/h2-7,9-11H,8H2,1H3,(H,23,26). The van der Waals surface area contributed by atoms with Crippen LogP contribution in [0.15, 0.2) is 47.6 Å². The van der Waals surface area contributed by atoms with E-state index in [1.165, 1.54) is 18.3 Å². The summed E-state index contributed by atoms with van der Waals surface area (Å²) in [5, 5.41) is 7.79. The highest BCUT2D eigenvalue weighted by molar-refractivity contribution is 6.30. The summed E-state index contributed by atoms with van der Waals surface area (Å²) in [7, 11) is 0. The van der Waals surface area contributed by atoms with Crippen LogP contribution in [0.25, 0.3) is 0 Å². The first-order chi connectivity index (χ1) is 12.3. The molecule has 0 spiro atoms. The second-order valence-electron chi connectivity index (χ2n) is 5.84. The Morgan fingerprint density at radius 2 is 1.88 bits per heavy atom. The molecule has 0 aromatic heterocycles. The zero-order chi connectivity index (χ0) is 18.9. The highest BCUT2D eigenvalue weighted by Crippen LogP contribution is 2.39. The quantitative estimate of drug-likeness (QED) is 0.796. The number of nitrogens with zero attached hydrogens (tertiary/aromatic N) is 2. The topological polar surface area (TPSA) is 44.7 Å². The summed E-state index contributed by atoms with van der Waals surface area (Å²) in [6.45, 7) is 1.94. The van der Waals surface area contributed by atoms with Crippen molar-refractivity contribution in [1.82, 2.24) is 5.32 Å². The second-order valence-corrected chi connectivity index (χ2v) is 6.27. The minimum Gasteiger partial charge on any atom is -0.331 e. The molecule has 0 saturated carbocycles. The molecular formula is C18H15ClF3N3O. The monoisotopic (exact) mass is 381 g/mol. The summed E-state index contributed by atoms with van der Waals surface area (Å²) in [6.07, 6.45) is -3.15. The van der Waals surface area contributed by atoms with Crippen LogP contribution in [0.2, 0.25) is 5.02 Å². The number of benzene rings is 2. The Morgan fingerprint density at radius 3 is 2.50 bits per heavy atom. The average Bonchev–Trinajstić information content (AvgIpc) is 2.61. The van der Waals surface area contributed by atoms with Gasteiger partial charge in [-0.2, -0.15) is 23.3 Å². The minimum atomic E-state index is -4.57. The number of hydrogen-bond donors (Lipinski definition) is 1. The fourth-order valence-electron chi connectivity index (χ4n) is 2.80. The lowest BCUT2D eigenvalue weighted by molar-refractivity contribution is -0.138. The number of hydrogen-bond acceptors (Lipinski definition) is 2. The van der Waals surface area contributed by atoms with E-state index in [0.717, 1.165) is 11.1 Å².